The number of anilines is 1. The first-order valence-electron chi connectivity index (χ1n) is 5.78. The van der Waals surface area contributed by atoms with Crippen LogP contribution in [0.4, 0.5) is 5.69 Å². The number of nitrogens with one attached hydrogen (secondary N) is 2. The van der Waals surface area contributed by atoms with E-state index in [9.17, 15) is 4.79 Å². The lowest BCUT2D eigenvalue weighted by Gasteiger charge is -2.15. The quantitative estimate of drug-likeness (QED) is 0.834. The Bertz CT molecular complexity index is 456. The number of hydrogen-bond acceptors (Lipinski definition) is 2. The number of carbonyl (C=O) groups excluding carboxylic acids is 1. The molecule has 0 heterocycles. The normalized spacial score (nSPS) is 13.4. The smallest absolute Gasteiger partial charge is 0.279 e. The fourth-order valence-corrected chi connectivity index (χ4v) is 1.85. The molecular weight excluding hydrogens is 250 g/mol. The molecule has 0 saturated heterocycles. The second kappa shape index (κ2) is 7.00. The van der Waals surface area contributed by atoms with Gasteiger partial charge < -0.3 is 10.2 Å². The number of nitrogens with zero attached hydrogens (tertiary/aromatic N) is 1. The third kappa shape index (κ3) is 4.74. The molecule has 0 aromatic heterocycles. The summed E-state index contributed by atoms with van der Waals surface area (Å²) < 4.78 is 0. The molecule has 0 saturated carbocycles. The minimum Gasteiger partial charge on any atom is -0.329 e. The van der Waals surface area contributed by atoms with E-state index in [1.807, 2.05) is 26.1 Å². The third-order valence-electron chi connectivity index (χ3n) is 2.49. The number of halogens is 1. The number of amides is 1. The first-order chi connectivity index (χ1) is 8.52. The number of quaternary nitrogens is 1. The van der Waals surface area contributed by atoms with Crippen LogP contribution in [0, 0.1) is 17.2 Å². The molecule has 0 fully saturated rings. The van der Waals surface area contributed by atoms with E-state index in [0.29, 0.717) is 23.8 Å². The summed E-state index contributed by atoms with van der Waals surface area (Å²) in [4.78, 5) is 12.8. The SMILES string of the molecule is C[C@H](C#N)C[NH+](C)CC(=O)Nc1ccccc1Cl. The highest BCUT2D eigenvalue weighted by molar-refractivity contribution is 6.33. The minimum atomic E-state index is -0.106. The van der Waals surface area contributed by atoms with Crippen molar-refractivity contribution in [1.82, 2.24) is 0 Å². The summed E-state index contributed by atoms with van der Waals surface area (Å²) >= 11 is 5.95. The standard InChI is InChI=1S/C13H16ClN3O/c1-10(7-15)8-17(2)9-13(18)16-12-6-4-3-5-11(12)14/h3-6,10H,8-9H2,1-2H3,(H,16,18)/p+1/t10-/m1/s1. The molecular formula is C13H17ClN3O+. The van der Waals surface area contributed by atoms with Gasteiger partial charge in [-0.1, -0.05) is 23.7 Å². The minimum absolute atomic E-state index is 0.0573. The number of carbonyl (C=O) groups is 1. The Morgan fingerprint density at radius 1 is 1.56 bits per heavy atom. The van der Waals surface area contributed by atoms with Crippen LogP contribution in [0.15, 0.2) is 24.3 Å². The van der Waals surface area contributed by atoms with Gasteiger partial charge in [0, 0.05) is 0 Å². The van der Waals surface area contributed by atoms with Crippen LogP contribution in [0.3, 0.4) is 0 Å². The lowest BCUT2D eigenvalue weighted by Crippen LogP contribution is -3.10. The van der Waals surface area contributed by atoms with Crippen molar-refractivity contribution in [3.05, 3.63) is 29.3 Å². The summed E-state index contributed by atoms with van der Waals surface area (Å²) in [5, 5.41) is 12.0. The molecule has 1 amide bonds. The summed E-state index contributed by atoms with van der Waals surface area (Å²) in [5.74, 6) is -0.163. The fourth-order valence-electron chi connectivity index (χ4n) is 1.67. The average Bonchev–Trinajstić information content (AvgIpc) is 2.31. The van der Waals surface area contributed by atoms with Crippen LogP contribution < -0.4 is 10.2 Å². The highest BCUT2D eigenvalue weighted by atomic mass is 35.5. The number of benzene rings is 1. The summed E-state index contributed by atoms with van der Waals surface area (Å²) in [5.41, 5.74) is 0.616. The first-order valence-corrected chi connectivity index (χ1v) is 6.16. The van der Waals surface area contributed by atoms with E-state index < -0.39 is 0 Å². The fraction of sp³-hybridized carbons (Fsp3) is 0.385. The van der Waals surface area contributed by atoms with E-state index >= 15 is 0 Å². The Morgan fingerprint density at radius 3 is 2.83 bits per heavy atom. The molecule has 1 rings (SSSR count). The molecule has 4 nitrogen and oxygen atoms in total. The van der Waals surface area contributed by atoms with Crippen molar-refractivity contribution >= 4 is 23.2 Å². The van der Waals surface area contributed by atoms with Gasteiger partial charge in [-0.25, -0.2) is 0 Å². The Hall–Kier alpha value is -1.57. The Balaban J connectivity index is 2.48. The monoisotopic (exact) mass is 266 g/mol. The summed E-state index contributed by atoms with van der Waals surface area (Å²) in [7, 11) is 1.89. The maximum absolute atomic E-state index is 11.8. The molecule has 1 unspecified atom stereocenters. The number of para-hydroxylation sites is 1. The first kappa shape index (κ1) is 14.5. The molecule has 2 N–H and O–H groups in total. The van der Waals surface area contributed by atoms with E-state index in [-0.39, 0.29) is 11.8 Å². The Labute approximate surface area is 112 Å². The highest BCUT2D eigenvalue weighted by Crippen LogP contribution is 2.19. The highest BCUT2D eigenvalue weighted by Gasteiger charge is 2.14. The molecule has 2 atom stereocenters. The van der Waals surface area contributed by atoms with Crippen LogP contribution in [0.1, 0.15) is 6.92 Å². The predicted octanol–water partition coefficient (Wildman–Crippen LogP) is 0.953. The van der Waals surface area contributed by atoms with Crippen molar-refractivity contribution < 1.29 is 9.69 Å². The number of rotatable bonds is 5. The predicted molar refractivity (Wildman–Crippen MR) is 71.5 cm³/mol. The zero-order valence-corrected chi connectivity index (χ0v) is 11.3. The van der Waals surface area contributed by atoms with Gasteiger partial charge in [-0.15, -0.1) is 0 Å². The van der Waals surface area contributed by atoms with E-state index in [1.54, 1.807) is 12.1 Å². The van der Waals surface area contributed by atoms with Gasteiger partial charge in [0.15, 0.2) is 6.54 Å². The van der Waals surface area contributed by atoms with Crippen LogP contribution in [0.5, 0.6) is 0 Å². The van der Waals surface area contributed by atoms with Gasteiger partial charge in [0.2, 0.25) is 0 Å². The van der Waals surface area contributed by atoms with Crippen LogP contribution in [0.25, 0.3) is 0 Å². The summed E-state index contributed by atoms with van der Waals surface area (Å²) in [6, 6.07) is 9.26. The van der Waals surface area contributed by atoms with Gasteiger partial charge in [0.1, 0.15) is 0 Å². The van der Waals surface area contributed by atoms with Crippen molar-refractivity contribution in [2.75, 3.05) is 25.5 Å². The maximum atomic E-state index is 11.8. The van der Waals surface area contributed by atoms with Gasteiger partial charge in [-0.3, -0.25) is 4.79 Å². The summed E-state index contributed by atoms with van der Waals surface area (Å²) in [6.07, 6.45) is 0. The van der Waals surface area contributed by atoms with Gasteiger partial charge in [-0.2, -0.15) is 5.26 Å². The zero-order valence-electron chi connectivity index (χ0n) is 10.5. The molecule has 0 aliphatic carbocycles. The Kier molecular flexibility index (Phi) is 5.63. The molecule has 96 valence electrons. The molecule has 1 aromatic carbocycles. The van der Waals surface area contributed by atoms with Crippen LogP contribution >= 0.6 is 11.6 Å². The number of nitriles is 1. The Morgan fingerprint density at radius 2 is 2.22 bits per heavy atom. The average molecular weight is 267 g/mol. The molecule has 0 radical (unpaired) electrons. The van der Waals surface area contributed by atoms with Crippen molar-refractivity contribution in [3.8, 4) is 6.07 Å². The molecule has 0 spiro atoms. The van der Waals surface area contributed by atoms with Gasteiger partial charge in [-0.05, 0) is 19.1 Å². The van der Waals surface area contributed by atoms with Gasteiger partial charge in [0.25, 0.3) is 5.91 Å². The maximum Gasteiger partial charge on any atom is 0.279 e. The second-order valence-electron chi connectivity index (χ2n) is 4.40. The van der Waals surface area contributed by atoms with Gasteiger partial charge >= 0.3 is 0 Å². The topological polar surface area (TPSA) is 57.3 Å². The largest absolute Gasteiger partial charge is 0.329 e. The van der Waals surface area contributed by atoms with E-state index in [0.717, 1.165) is 4.90 Å². The molecule has 0 bridgehead atoms. The molecule has 0 aliphatic heterocycles. The molecule has 0 aliphatic rings. The summed E-state index contributed by atoms with van der Waals surface area (Å²) in [6.45, 7) is 2.80. The third-order valence-corrected chi connectivity index (χ3v) is 2.81. The molecule has 5 heteroatoms. The lowest BCUT2D eigenvalue weighted by molar-refractivity contribution is -0.873. The van der Waals surface area contributed by atoms with Crippen molar-refractivity contribution in [2.45, 2.75) is 6.92 Å². The second-order valence-corrected chi connectivity index (χ2v) is 4.80. The molecule has 1 aromatic rings. The van der Waals surface area contributed by atoms with Crippen LogP contribution in [0.2, 0.25) is 5.02 Å². The van der Waals surface area contributed by atoms with E-state index in [1.165, 1.54) is 0 Å². The van der Waals surface area contributed by atoms with E-state index in [4.69, 9.17) is 16.9 Å². The van der Waals surface area contributed by atoms with Crippen molar-refractivity contribution in [1.29, 1.82) is 5.26 Å². The van der Waals surface area contributed by atoms with Gasteiger partial charge in [0.05, 0.1) is 36.3 Å². The lowest BCUT2D eigenvalue weighted by atomic mass is 10.2. The zero-order chi connectivity index (χ0) is 13.5. The number of hydrogen-bond donors (Lipinski definition) is 2. The van der Waals surface area contributed by atoms with Crippen LogP contribution in [-0.4, -0.2) is 26.0 Å². The molecule has 18 heavy (non-hydrogen) atoms. The van der Waals surface area contributed by atoms with Crippen molar-refractivity contribution in [2.24, 2.45) is 5.92 Å². The van der Waals surface area contributed by atoms with E-state index in [2.05, 4.69) is 11.4 Å². The van der Waals surface area contributed by atoms with Crippen LogP contribution in [-0.2, 0) is 4.79 Å². The van der Waals surface area contributed by atoms with Crippen molar-refractivity contribution in [3.63, 3.8) is 0 Å². The number of likely N-dealkylation sites (N-methyl/N-ethyl adjacent to an activating group) is 1.